The molecule has 2 aromatic carbocycles. The predicted molar refractivity (Wildman–Crippen MR) is 126 cm³/mol. The van der Waals surface area contributed by atoms with Crippen molar-refractivity contribution in [3.8, 4) is 11.5 Å². The fourth-order valence-electron chi connectivity index (χ4n) is 4.03. The predicted octanol–water partition coefficient (Wildman–Crippen LogP) is 4.79. The first-order chi connectivity index (χ1) is 16.2. The lowest BCUT2D eigenvalue weighted by Crippen LogP contribution is -2.40. The van der Waals surface area contributed by atoms with Crippen LogP contribution in [0.2, 0.25) is 0 Å². The molecule has 2 heterocycles. The van der Waals surface area contributed by atoms with Crippen molar-refractivity contribution in [3.05, 3.63) is 89.7 Å². The quantitative estimate of drug-likeness (QED) is 0.467. The number of aromatic nitrogens is 1. The molecule has 0 unspecified atom stereocenters. The van der Waals surface area contributed by atoms with Crippen molar-refractivity contribution in [3.63, 3.8) is 0 Å². The zero-order valence-corrected chi connectivity index (χ0v) is 18.8. The van der Waals surface area contributed by atoms with Gasteiger partial charge in [-0.25, -0.2) is 0 Å². The van der Waals surface area contributed by atoms with Crippen molar-refractivity contribution >= 4 is 11.7 Å². The Morgan fingerprint density at radius 3 is 2.33 bits per heavy atom. The molecule has 4 rings (SSSR count). The van der Waals surface area contributed by atoms with Crippen LogP contribution < -0.4 is 9.47 Å². The number of hydrogen-bond donors (Lipinski definition) is 0. The number of piperidine rings is 1. The Morgan fingerprint density at radius 1 is 0.909 bits per heavy atom. The molecule has 0 N–H and O–H groups in total. The zero-order chi connectivity index (χ0) is 23.0. The van der Waals surface area contributed by atoms with Crippen LogP contribution in [0.1, 0.15) is 46.0 Å². The Bertz CT molecular complexity index is 1080. The highest BCUT2D eigenvalue weighted by Crippen LogP contribution is 2.31. The molecule has 0 radical (unpaired) electrons. The Morgan fingerprint density at radius 2 is 1.64 bits per heavy atom. The van der Waals surface area contributed by atoms with Gasteiger partial charge in [-0.1, -0.05) is 30.3 Å². The van der Waals surface area contributed by atoms with Crippen molar-refractivity contribution in [2.45, 2.75) is 26.4 Å². The van der Waals surface area contributed by atoms with Crippen LogP contribution in [-0.4, -0.2) is 41.3 Å². The van der Waals surface area contributed by atoms with Gasteiger partial charge in [-0.3, -0.25) is 14.6 Å². The molecule has 0 bridgehead atoms. The lowest BCUT2D eigenvalue weighted by molar-refractivity contribution is 0.0650. The normalized spacial score (nSPS) is 14.0. The van der Waals surface area contributed by atoms with E-state index in [9.17, 15) is 9.59 Å². The lowest BCUT2D eigenvalue weighted by Gasteiger charge is -2.31. The van der Waals surface area contributed by atoms with E-state index in [1.165, 1.54) is 0 Å². The number of rotatable bonds is 8. The second kappa shape index (κ2) is 10.8. The number of benzene rings is 2. The summed E-state index contributed by atoms with van der Waals surface area (Å²) in [6.07, 6.45) is 4.79. The molecule has 1 amide bonds. The zero-order valence-electron chi connectivity index (χ0n) is 18.8. The van der Waals surface area contributed by atoms with Crippen molar-refractivity contribution in [1.29, 1.82) is 0 Å². The maximum Gasteiger partial charge on any atom is 0.253 e. The van der Waals surface area contributed by atoms with E-state index in [2.05, 4.69) is 4.98 Å². The number of amides is 1. The maximum absolute atomic E-state index is 13.1. The molecular weight excluding hydrogens is 416 g/mol. The van der Waals surface area contributed by atoms with Crippen LogP contribution in [0.5, 0.6) is 11.5 Å². The molecule has 1 fully saturated rings. The number of carbonyl (C=O) groups excluding carboxylic acids is 2. The summed E-state index contributed by atoms with van der Waals surface area (Å²) in [6.45, 7) is 3.88. The highest BCUT2D eigenvalue weighted by molar-refractivity contribution is 5.98. The van der Waals surface area contributed by atoms with Crippen LogP contribution in [0.3, 0.4) is 0 Å². The first-order valence-corrected chi connectivity index (χ1v) is 11.3. The first-order valence-electron chi connectivity index (χ1n) is 11.3. The molecule has 1 aromatic heterocycles. The molecule has 1 saturated heterocycles. The number of nitrogens with zero attached hydrogens (tertiary/aromatic N) is 2. The molecule has 6 heteroatoms. The molecule has 1 aliphatic heterocycles. The number of carbonyl (C=O) groups is 2. The number of ketones is 1. The van der Waals surface area contributed by atoms with Gasteiger partial charge in [0.25, 0.3) is 5.91 Å². The summed E-state index contributed by atoms with van der Waals surface area (Å²) in [5.41, 5.74) is 2.30. The molecule has 1 aliphatic rings. The number of ether oxygens (including phenoxy) is 2. The highest BCUT2D eigenvalue weighted by atomic mass is 16.5. The summed E-state index contributed by atoms with van der Waals surface area (Å²) >= 11 is 0. The molecule has 0 atom stereocenters. The fourth-order valence-corrected chi connectivity index (χ4v) is 4.03. The van der Waals surface area contributed by atoms with Gasteiger partial charge < -0.3 is 14.4 Å². The minimum absolute atomic E-state index is 0.0422. The van der Waals surface area contributed by atoms with Crippen molar-refractivity contribution < 1.29 is 19.1 Å². The van der Waals surface area contributed by atoms with E-state index in [-0.39, 0.29) is 17.6 Å². The van der Waals surface area contributed by atoms with E-state index in [0.717, 1.165) is 11.1 Å². The van der Waals surface area contributed by atoms with Crippen LogP contribution in [-0.2, 0) is 6.61 Å². The van der Waals surface area contributed by atoms with Gasteiger partial charge in [0, 0.05) is 42.5 Å². The van der Waals surface area contributed by atoms with Gasteiger partial charge in [-0.05, 0) is 55.7 Å². The largest absolute Gasteiger partial charge is 0.490 e. The smallest absolute Gasteiger partial charge is 0.253 e. The Labute approximate surface area is 194 Å². The Balaban J connectivity index is 1.39. The van der Waals surface area contributed by atoms with Gasteiger partial charge in [-0.2, -0.15) is 0 Å². The van der Waals surface area contributed by atoms with Crippen LogP contribution in [0.25, 0.3) is 0 Å². The van der Waals surface area contributed by atoms with Crippen LogP contribution >= 0.6 is 0 Å². The van der Waals surface area contributed by atoms with Gasteiger partial charge in [0.2, 0.25) is 0 Å². The van der Waals surface area contributed by atoms with E-state index in [1.54, 1.807) is 30.6 Å². The summed E-state index contributed by atoms with van der Waals surface area (Å²) in [7, 11) is 0. The van der Waals surface area contributed by atoms with E-state index < -0.39 is 0 Å². The fraction of sp³-hybridized carbons (Fsp3) is 0.296. The molecule has 0 spiro atoms. The maximum atomic E-state index is 13.1. The second-order valence-electron chi connectivity index (χ2n) is 8.04. The third kappa shape index (κ3) is 5.58. The first kappa shape index (κ1) is 22.5. The number of Topliss-reactive ketones (excluding diaryl/α,β-unsaturated/α-hetero) is 1. The minimum Gasteiger partial charge on any atom is -0.490 e. The van der Waals surface area contributed by atoms with Gasteiger partial charge in [0.1, 0.15) is 6.61 Å². The molecule has 0 saturated carbocycles. The molecule has 33 heavy (non-hydrogen) atoms. The summed E-state index contributed by atoms with van der Waals surface area (Å²) in [5, 5.41) is 0. The number of likely N-dealkylation sites (tertiary alicyclic amines) is 1. The highest BCUT2D eigenvalue weighted by Gasteiger charge is 2.28. The summed E-state index contributed by atoms with van der Waals surface area (Å²) in [4.78, 5) is 31.7. The van der Waals surface area contributed by atoms with Crippen LogP contribution in [0, 0.1) is 5.92 Å². The number of pyridine rings is 1. The van der Waals surface area contributed by atoms with Gasteiger partial charge in [0.15, 0.2) is 17.3 Å². The SMILES string of the molecule is CCOc1cc(C(=O)N2CCC(C(=O)c3ccccc3)CC2)ccc1OCc1ccncc1. The topological polar surface area (TPSA) is 68.7 Å². The van der Waals surface area contributed by atoms with Crippen molar-refractivity contribution in [2.24, 2.45) is 5.92 Å². The van der Waals surface area contributed by atoms with Gasteiger partial charge >= 0.3 is 0 Å². The minimum atomic E-state index is -0.0535. The Kier molecular flexibility index (Phi) is 7.35. The van der Waals surface area contributed by atoms with Crippen molar-refractivity contribution in [1.82, 2.24) is 9.88 Å². The summed E-state index contributed by atoms with van der Waals surface area (Å²) in [6, 6.07) is 18.5. The standard InChI is InChI=1S/C27H28N2O4/c1-2-32-25-18-23(8-9-24(25)33-19-20-10-14-28-15-11-20)27(31)29-16-12-22(13-17-29)26(30)21-6-4-3-5-7-21/h3-11,14-15,18,22H,2,12-13,16-17,19H2,1H3. The van der Waals surface area contributed by atoms with E-state index >= 15 is 0 Å². The van der Waals surface area contributed by atoms with Crippen LogP contribution in [0.15, 0.2) is 73.1 Å². The average Bonchev–Trinajstić information content (AvgIpc) is 2.88. The van der Waals surface area contributed by atoms with Gasteiger partial charge in [0.05, 0.1) is 6.61 Å². The Hall–Kier alpha value is -3.67. The van der Waals surface area contributed by atoms with Crippen molar-refractivity contribution in [2.75, 3.05) is 19.7 Å². The van der Waals surface area contributed by atoms with Crippen LogP contribution in [0.4, 0.5) is 0 Å². The lowest BCUT2D eigenvalue weighted by atomic mass is 9.88. The molecule has 6 nitrogen and oxygen atoms in total. The molecule has 3 aromatic rings. The second-order valence-corrected chi connectivity index (χ2v) is 8.04. The average molecular weight is 445 g/mol. The molecule has 0 aliphatic carbocycles. The van der Waals surface area contributed by atoms with E-state index in [0.29, 0.717) is 56.2 Å². The molecular formula is C27H28N2O4. The monoisotopic (exact) mass is 444 g/mol. The summed E-state index contributed by atoms with van der Waals surface area (Å²) < 4.78 is 11.7. The summed E-state index contributed by atoms with van der Waals surface area (Å²) in [5.74, 6) is 1.21. The van der Waals surface area contributed by atoms with E-state index in [4.69, 9.17) is 9.47 Å². The molecule has 170 valence electrons. The van der Waals surface area contributed by atoms with Gasteiger partial charge in [-0.15, -0.1) is 0 Å². The third-order valence-electron chi connectivity index (χ3n) is 5.85. The number of hydrogen-bond acceptors (Lipinski definition) is 5. The third-order valence-corrected chi connectivity index (χ3v) is 5.85. The van der Waals surface area contributed by atoms with E-state index in [1.807, 2.05) is 54.3 Å².